The summed E-state index contributed by atoms with van der Waals surface area (Å²) in [4.78, 5) is 2.39. The van der Waals surface area contributed by atoms with E-state index < -0.39 is 0 Å². The molecule has 0 aliphatic carbocycles. The van der Waals surface area contributed by atoms with Gasteiger partial charge in [-0.05, 0) is 85.2 Å². The first-order valence-corrected chi connectivity index (χ1v) is 14.1. The lowest BCUT2D eigenvalue weighted by Crippen LogP contribution is -2.10. The largest absolute Gasteiger partial charge is 0.310 e. The number of anilines is 3. The van der Waals surface area contributed by atoms with E-state index in [-0.39, 0.29) is 0 Å². The number of hydrogen-bond donors (Lipinski definition) is 0. The molecule has 0 N–H and O–H groups in total. The Morgan fingerprint density at radius 3 is 1.68 bits per heavy atom. The highest BCUT2D eigenvalue weighted by Gasteiger charge is 2.18. The van der Waals surface area contributed by atoms with Crippen molar-refractivity contribution in [1.82, 2.24) is 0 Å². The van der Waals surface area contributed by atoms with Crippen LogP contribution in [0.25, 0.3) is 54.2 Å². The molecule has 0 aliphatic heterocycles. The predicted molar refractivity (Wildman–Crippen MR) is 177 cm³/mol. The van der Waals surface area contributed by atoms with Crippen molar-refractivity contribution in [3.8, 4) is 11.1 Å². The summed E-state index contributed by atoms with van der Waals surface area (Å²) in [5.41, 5.74) is 5.88. The first kappa shape index (κ1) is 23.5. The molecule has 8 aromatic carbocycles. The minimum Gasteiger partial charge on any atom is -0.310 e. The van der Waals surface area contributed by atoms with Crippen LogP contribution in [0.15, 0.2) is 164 Å². The van der Waals surface area contributed by atoms with Crippen molar-refractivity contribution in [3.05, 3.63) is 164 Å². The Labute approximate surface area is 239 Å². The lowest BCUT2D eigenvalue weighted by Gasteiger charge is -2.28. The number of nitrogens with zero attached hydrogens (tertiary/aromatic N) is 1. The highest BCUT2D eigenvalue weighted by molar-refractivity contribution is 6.23. The summed E-state index contributed by atoms with van der Waals surface area (Å²) in [5, 5.41) is 10.1. The highest BCUT2D eigenvalue weighted by Crippen LogP contribution is 2.43. The third-order valence-electron chi connectivity index (χ3n) is 8.19. The summed E-state index contributed by atoms with van der Waals surface area (Å²) in [6.07, 6.45) is 0. The van der Waals surface area contributed by atoms with Crippen molar-refractivity contribution in [2.75, 3.05) is 4.90 Å². The van der Waals surface area contributed by atoms with Crippen molar-refractivity contribution < 1.29 is 0 Å². The average molecular weight is 522 g/mol. The normalized spacial score (nSPS) is 11.4. The van der Waals surface area contributed by atoms with E-state index in [2.05, 4.69) is 169 Å². The second kappa shape index (κ2) is 9.66. The Bertz CT molecular complexity index is 2190. The fourth-order valence-electron chi connectivity index (χ4n) is 6.22. The molecular weight excluding hydrogens is 494 g/mol. The molecule has 8 aromatic rings. The molecule has 0 saturated carbocycles. The SMILES string of the molecule is c1ccc(N(c2ccc(-c3ccc4ccccc4c3)cc2)c2cc3ccc4ccccc4c3c3ccccc23)cc1. The van der Waals surface area contributed by atoms with Gasteiger partial charge in [-0.25, -0.2) is 0 Å². The minimum absolute atomic E-state index is 1.13. The Hall–Kier alpha value is -5.40. The first-order valence-electron chi connectivity index (χ1n) is 14.1. The molecule has 0 aliphatic rings. The molecule has 0 radical (unpaired) electrons. The van der Waals surface area contributed by atoms with E-state index in [0.717, 1.165) is 11.4 Å². The zero-order chi connectivity index (χ0) is 27.2. The van der Waals surface area contributed by atoms with E-state index in [1.807, 2.05) is 0 Å². The van der Waals surface area contributed by atoms with Gasteiger partial charge in [0.2, 0.25) is 0 Å². The van der Waals surface area contributed by atoms with E-state index in [4.69, 9.17) is 0 Å². The molecule has 1 nitrogen and oxygen atoms in total. The highest BCUT2D eigenvalue weighted by atomic mass is 15.1. The van der Waals surface area contributed by atoms with Crippen LogP contribution >= 0.6 is 0 Å². The van der Waals surface area contributed by atoms with E-state index >= 15 is 0 Å². The van der Waals surface area contributed by atoms with Crippen LogP contribution in [0.2, 0.25) is 0 Å². The van der Waals surface area contributed by atoms with Crippen LogP contribution in [0.1, 0.15) is 0 Å². The molecule has 1 heteroatoms. The molecule has 0 heterocycles. The lowest BCUT2D eigenvalue weighted by atomic mass is 9.94. The van der Waals surface area contributed by atoms with Crippen molar-refractivity contribution in [3.63, 3.8) is 0 Å². The molecular formula is C40H27N. The molecule has 0 saturated heterocycles. The van der Waals surface area contributed by atoms with Gasteiger partial charge in [-0.2, -0.15) is 0 Å². The summed E-state index contributed by atoms with van der Waals surface area (Å²) in [6, 6.07) is 59.3. The molecule has 0 fully saturated rings. The first-order chi connectivity index (χ1) is 20.3. The van der Waals surface area contributed by atoms with Gasteiger partial charge in [-0.3, -0.25) is 0 Å². The third kappa shape index (κ3) is 4.02. The molecule has 0 spiro atoms. The molecule has 41 heavy (non-hydrogen) atoms. The summed E-state index contributed by atoms with van der Waals surface area (Å²) >= 11 is 0. The molecule has 192 valence electrons. The summed E-state index contributed by atoms with van der Waals surface area (Å²) in [7, 11) is 0. The number of para-hydroxylation sites is 1. The van der Waals surface area contributed by atoms with Gasteiger partial charge in [-0.1, -0.05) is 127 Å². The van der Waals surface area contributed by atoms with Gasteiger partial charge in [0, 0.05) is 16.8 Å². The Morgan fingerprint density at radius 2 is 0.878 bits per heavy atom. The number of benzene rings is 8. The third-order valence-corrected chi connectivity index (χ3v) is 8.19. The fraction of sp³-hybridized carbons (Fsp3) is 0. The molecule has 0 amide bonds. The van der Waals surface area contributed by atoms with Crippen LogP contribution < -0.4 is 4.90 Å². The van der Waals surface area contributed by atoms with Crippen molar-refractivity contribution in [2.45, 2.75) is 0 Å². The van der Waals surface area contributed by atoms with E-state index in [9.17, 15) is 0 Å². The predicted octanol–water partition coefficient (Wildman–Crippen LogP) is 11.4. The molecule has 0 unspecified atom stereocenters. The molecule has 0 bridgehead atoms. The molecule has 0 aromatic heterocycles. The van der Waals surface area contributed by atoms with Crippen LogP contribution in [0.3, 0.4) is 0 Å². The van der Waals surface area contributed by atoms with Gasteiger partial charge < -0.3 is 4.90 Å². The van der Waals surface area contributed by atoms with Gasteiger partial charge >= 0.3 is 0 Å². The smallest absolute Gasteiger partial charge is 0.0546 e. The van der Waals surface area contributed by atoms with Gasteiger partial charge in [-0.15, -0.1) is 0 Å². The Balaban J connectivity index is 1.33. The number of hydrogen-bond acceptors (Lipinski definition) is 1. The second-order valence-corrected chi connectivity index (χ2v) is 10.6. The fourth-order valence-corrected chi connectivity index (χ4v) is 6.22. The Morgan fingerprint density at radius 1 is 0.317 bits per heavy atom. The summed E-state index contributed by atoms with van der Waals surface area (Å²) < 4.78 is 0. The van der Waals surface area contributed by atoms with Crippen molar-refractivity contribution in [1.29, 1.82) is 0 Å². The summed E-state index contributed by atoms with van der Waals surface area (Å²) in [6.45, 7) is 0. The van der Waals surface area contributed by atoms with Gasteiger partial charge in [0.1, 0.15) is 0 Å². The van der Waals surface area contributed by atoms with Crippen LogP contribution in [0.4, 0.5) is 17.1 Å². The maximum Gasteiger partial charge on any atom is 0.0546 e. The van der Waals surface area contributed by atoms with Crippen LogP contribution in [0.5, 0.6) is 0 Å². The molecule has 8 rings (SSSR count). The van der Waals surface area contributed by atoms with Gasteiger partial charge in [0.05, 0.1) is 5.69 Å². The summed E-state index contributed by atoms with van der Waals surface area (Å²) in [5.74, 6) is 0. The maximum atomic E-state index is 2.39. The average Bonchev–Trinajstić information content (AvgIpc) is 3.05. The topological polar surface area (TPSA) is 3.24 Å². The maximum absolute atomic E-state index is 2.39. The quantitative estimate of drug-likeness (QED) is 0.208. The second-order valence-electron chi connectivity index (χ2n) is 10.6. The van der Waals surface area contributed by atoms with Gasteiger partial charge in [0.25, 0.3) is 0 Å². The number of rotatable bonds is 4. The van der Waals surface area contributed by atoms with Crippen LogP contribution in [-0.4, -0.2) is 0 Å². The van der Waals surface area contributed by atoms with E-state index in [1.54, 1.807) is 0 Å². The van der Waals surface area contributed by atoms with Gasteiger partial charge in [0.15, 0.2) is 0 Å². The van der Waals surface area contributed by atoms with Crippen LogP contribution in [0, 0.1) is 0 Å². The lowest BCUT2D eigenvalue weighted by molar-refractivity contribution is 1.30. The Kier molecular flexibility index (Phi) is 5.53. The minimum atomic E-state index is 1.13. The van der Waals surface area contributed by atoms with Crippen LogP contribution in [-0.2, 0) is 0 Å². The molecule has 0 atom stereocenters. The van der Waals surface area contributed by atoms with E-state index in [0.29, 0.717) is 0 Å². The zero-order valence-corrected chi connectivity index (χ0v) is 22.5. The zero-order valence-electron chi connectivity index (χ0n) is 22.5. The van der Waals surface area contributed by atoms with Crippen molar-refractivity contribution >= 4 is 60.2 Å². The number of fused-ring (bicyclic) bond motifs is 6. The van der Waals surface area contributed by atoms with E-state index in [1.165, 1.54) is 59.9 Å². The van der Waals surface area contributed by atoms with Crippen molar-refractivity contribution in [2.24, 2.45) is 0 Å². The monoisotopic (exact) mass is 521 g/mol. The standard InChI is InChI=1S/C40H27N/c1-2-13-34(14-3-1)41(35-24-22-29(23-25-35)32-20-18-28-10-4-5-12-31(28)26-32)39-27-33-21-19-30-11-6-7-15-36(30)40(33)38-17-9-8-16-37(38)39/h1-27H.